The van der Waals surface area contributed by atoms with E-state index in [1.807, 2.05) is 37.2 Å². The molecule has 0 aliphatic rings. The van der Waals surface area contributed by atoms with E-state index in [4.69, 9.17) is 0 Å². The van der Waals surface area contributed by atoms with E-state index in [9.17, 15) is 0 Å². The second-order valence-corrected chi connectivity index (χ2v) is 7.28. The Morgan fingerprint density at radius 2 is 1.78 bits per heavy atom. The van der Waals surface area contributed by atoms with Crippen molar-refractivity contribution in [3.05, 3.63) is 23.9 Å². The molecule has 0 aromatic carbocycles. The molecule has 0 bridgehead atoms. The van der Waals surface area contributed by atoms with Crippen molar-refractivity contribution in [2.45, 2.75) is 59.7 Å². The van der Waals surface area contributed by atoms with Crippen LogP contribution in [0.15, 0.2) is 23.2 Å². The van der Waals surface area contributed by atoms with Crippen LogP contribution in [0.3, 0.4) is 0 Å². The topological polar surface area (TPSA) is 55.8 Å². The van der Waals surface area contributed by atoms with Gasteiger partial charge in [0.25, 0.3) is 0 Å². The summed E-state index contributed by atoms with van der Waals surface area (Å²) in [5.74, 6) is 1.81. The van der Waals surface area contributed by atoms with E-state index >= 15 is 0 Å². The van der Waals surface area contributed by atoms with Crippen LogP contribution >= 0.6 is 24.0 Å². The average molecular weight is 490 g/mol. The summed E-state index contributed by atoms with van der Waals surface area (Å²) in [4.78, 5) is 13.8. The molecule has 0 saturated heterocycles. The lowest BCUT2D eigenvalue weighted by Crippen LogP contribution is -2.41. The molecule has 1 aromatic rings. The first-order valence-electron chi connectivity index (χ1n) is 9.76. The van der Waals surface area contributed by atoms with Gasteiger partial charge in [-0.05, 0) is 53.2 Å². The van der Waals surface area contributed by atoms with E-state index in [1.165, 1.54) is 0 Å². The van der Waals surface area contributed by atoms with E-state index in [0.29, 0.717) is 18.6 Å². The summed E-state index contributed by atoms with van der Waals surface area (Å²) in [6.45, 7) is 14.5. The minimum Gasteiger partial charge on any atom is -0.363 e. The predicted octanol–water partition coefficient (Wildman–Crippen LogP) is 3.33. The molecule has 156 valence electrons. The molecule has 0 fully saturated rings. The number of hydrogen-bond donors (Lipinski definition) is 2. The molecule has 6 nitrogen and oxygen atoms in total. The van der Waals surface area contributed by atoms with Crippen molar-refractivity contribution in [1.82, 2.24) is 20.5 Å². The van der Waals surface area contributed by atoms with Gasteiger partial charge in [0.05, 0.1) is 12.2 Å². The van der Waals surface area contributed by atoms with Crippen LogP contribution in [0.25, 0.3) is 0 Å². The highest BCUT2D eigenvalue weighted by molar-refractivity contribution is 14.0. The highest BCUT2D eigenvalue weighted by Gasteiger charge is 2.12. The van der Waals surface area contributed by atoms with Crippen LogP contribution in [0.1, 0.15) is 46.7 Å². The number of aliphatic imine (C=N–C) groups is 1. The zero-order chi connectivity index (χ0) is 19.5. The summed E-state index contributed by atoms with van der Waals surface area (Å²) >= 11 is 0. The molecule has 27 heavy (non-hydrogen) atoms. The van der Waals surface area contributed by atoms with Gasteiger partial charge in [-0.1, -0.05) is 6.07 Å². The molecule has 1 aromatic heterocycles. The van der Waals surface area contributed by atoms with Crippen molar-refractivity contribution in [2.75, 3.05) is 38.6 Å². The van der Waals surface area contributed by atoms with E-state index in [2.05, 4.69) is 60.1 Å². The number of pyridine rings is 1. The summed E-state index contributed by atoms with van der Waals surface area (Å²) in [5.41, 5.74) is 0.971. The Balaban J connectivity index is 0.00000676. The van der Waals surface area contributed by atoms with Crippen LogP contribution in [0.5, 0.6) is 0 Å². The first kappa shape index (κ1) is 25.9. The maximum atomic E-state index is 4.67. The lowest BCUT2D eigenvalue weighted by molar-refractivity contribution is 0.173. The number of nitrogens with zero attached hydrogens (tertiary/aromatic N) is 4. The third-order valence-corrected chi connectivity index (χ3v) is 4.21. The number of hydrogen-bond acceptors (Lipinski definition) is 4. The molecular weight excluding hydrogens is 451 g/mol. The largest absolute Gasteiger partial charge is 0.363 e. The highest BCUT2D eigenvalue weighted by Crippen LogP contribution is 2.08. The molecule has 0 aliphatic heterocycles. The van der Waals surface area contributed by atoms with E-state index < -0.39 is 0 Å². The number of rotatable bonds is 10. The van der Waals surface area contributed by atoms with Gasteiger partial charge >= 0.3 is 0 Å². The second kappa shape index (κ2) is 14.0. The van der Waals surface area contributed by atoms with Gasteiger partial charge in [-0.3, -0.25) is 4.90 Å². The van der Waals surface area contributed by atoms with Gasteiger partial charge < -0.3 is 15.5 Å². The van der Waals surface area contributed by atoms with Gasteiger partial charge in [0, 0.05) is 45.8 Å². The highest BCUT2D eigenvalue weighted by atomic mass is 127. The zero-order valence-corrected chi connectivity index (χ0v) is 20.4. The first-order valence-corrected chi connectivity index (χ1v) is 9.76. The zero-order valence-electron chi connectivity index (χ0n) is 18.1. The lowest BCUT2D eigenvalue weighted by Gasteiger charge is -2.30. The number of guanidine groups is 1. The Morgan fingerprint density at radius 1 is 1.11 bits per heavy atom. The molecule has 7 heteroatoms. The quantitative estimate of drug-likeness (QED) is 0.228. The molecular formula is C20H39IN6. The molecule has 1 heterocycles. The monoisotopic (exact) mass is 490 g/mol. The fourth-order valence-electron chi connectivity index (χ4n) is 2.89. The van der Waals surface area contributed by atoms with Crippen molar-refractivity contribution in [1.29, 1.82) is 0 Å². The standard InChI is InChI=1S/C20H38N6.HI/c1-8-21-20(22-13-10-14-26(16(2)3)17(4)5)23-15-18-11-9-12-19(24-18)25(6)7;/h9,11-12,16-17H,8,10,13-15H2,1-7H3,(H2,21,22,23);1H. The van der Waals surface area contributed by atoms with E-state index in [-0.39, 0.29) is 24.0 Å². The van der Waals surface area contributed by atoms with Gasteiger partial charge in [-0.2, -0.15) is 0 Å². The van der Waals surface area contributed by atoms with Crippen molar-refractivity contribution >= 4 is 35.8 Å². The number of aromatic nitrogens is 1. The van der Waals surface area contributed by atoms with Gasteiger partial charge in [0.2, 0.25) is 0 Å². The van der Waals surface area contributed by atoms with Gasteiger partial charge in [-0.25, -0.2) is 9.98 Å². The summed E-state index contributed by atoms with van der Waals surface area (Å²) in [5, 5.41) is 6.75. The lowest BCUT2D eigenvalue weighted by atomic mass is 10.2. The molecule has 0 radical (unpaired) electrons. The number of nitrogens with one attached hydrogen (secondary N) is 2. The van der Waals surface area contributed by atoms with Crippen LogP contribution in [0, 0.1) is 0 Å². The number of anilines is 1. The third-order valence-electron chi connectivity index (χ3n) is 4.21. The summed E-state index contributed by atoms with van der Waals surface area (Å²) in [6, 6.07) is 7.20. The SMILES string of the molecule is CCNC(=NCc1cccc(N(C)C)n1)NCCCN(C(C)C)C(C)C.I. The van der Waals surface area contributed by atoms with Crippen LogP contribution in [-0.4, -0.2) is 61.7 Å². The second-order valence-electron chi connectivity index (χ2n) is 7.28. The summed E-state index contributed by atoms with van der Waals surface area (Å²) < 4.78 is 0. The van der Waals surface area contributed by atoms with Crippen LogP contribution in [-0.2, 0) is 6.54 Å². The van der Waals surface area contributed by atoms with Crippen LogP contribution < -0.4 is 15.5 Å². The smallest absolute Gasteiger partial charge is 0.191 e. The fraction of sp³-hybridized carbons (Fsp3) is 0.700. The Hall–Kier alpha value is -1.09. The van der Waals surface area contributed by atoms with Gasteiger partial charge in [0.15, 0.2) is 5.96 Å². The van der Waals surface area contributed by atoms with Crippen molar-refractivity contribution in [3.63, 3.8) is 0 Å². The third kappa shape index (κ3) is 10.1. The van der Waals surface area contributed by atoms with Crippen molar-refractivity contribution < 1.29 is 0 Å². The predicted molar refractivity (Wildman–Crippen MR) is 128 cm³/mol. The van der Waals surface area contributed by atoms with Crippen molar-refractivity contribution in [2.24, 2.45) is 4.99 Å². The molecule has 0 aliphatic carbocycles. The molecule has 0 amide bonds. The molecule has 0 spiro atoms. The average Bonchev–Trinajstić information content (AvgIpc) is 2.58. The fourth-order valence-corrected chi connectivity index (χ4v) is 2.89. The first-order chi connectivity index (χ1) is 12.3. The minimum atomic E-state index is 0. The van der Waals surface area contributed by atoms with E-state index in [1.54, 1.807) is 0 Å². The Kier molecular flexibility index (Phi) is 13.4. The summed E-state index contributed by atoms with van der Waals surface area (Å²) in [7, 11) is 4.00. The molecule has 0 unspecified atom stereocenters. The van der Waals surface area contributed by atoms with Gasteiger partial charge in [-0.15, -0.1) is 24.0 Å². The molecule has 1 rings (SSSR count). The number of halogens is 1. The summed E-state index contributed by atoms with van der Waals surface area (Å²) in [6.07, 6.45) is 1.09. The molecule has 2 N–H and O–H groups in total. The molecule has 0 saturated carbocycles. The Morgan fingerprint density at radius 3 is 2.33 bits per heavy atom. The van der Waals surface area contributed by atoms with E-state index in [0.717, 1.165) is 43.5 Å². The van der Waals surface area contributed by atoms with Crippen LogP contribution in [0.4, 0.5) is 5.82 Å². The normalized spacial score (nSPS) is 11.7. The van der Waals surface area contributed by atoms with Crippen LogP contribution in [0.2, 0.25) is 0 Å². The molecule has 0 atom stereocenters. The maximum absolute atomic E-state index is 4.67. The minimum absolute atomic E-state index is 0. The van der Waals surface area contributed by atoms with Gasteiger partial charge in [0.1, 0.15) is 5.82 Å². The Labute approximate surface area is 183 Å². The van der Waals surface area contributed by atoms with Crippen molar-refractivity contribution in [3.8, 4) is 0 Å². The Bertz CT molecular complexity index is 537. The maximum Gasteiger partial charge on any atom is 0.191 e.